The van der Waals surface area contributed by atoms with Crippen LogP contribution in [0.25, 0.3) is 10.2 Å². The van der Waals surface area contributed by atoms with Gasteiger partial charge in [0, 0.05) is 23.7 Å². The molecule has 1 aliphatic rings. The van der Waals surface area contributed by atoms with E-state index in [4.69, 9.17) is 15.5 Å². The number of anilines is 1. The number of hydrogen-bond acceptors (Lipinski definition) is 7. The number of nitrogens with zero attached hydrogens (tertiary/aromatic N) is 3. The minimum Gasteiger partial charge on any atom is -0.491 e. The molecule has 0 amide bonds. The van der Waals surface area contributed by atoms with Crippen LogP contribution in [0.15, 0.2) is 29.4 Å². The lowest BCUT2D eigenvalue weighted by atomic mass is 10.1. The third-order valence-electron chi connectivity index (χ3n) is 4.56. The fourth-order valence-electron chi connectivity index (χ4n) is 3.28. The monoisotopic (exact) mass is 400 g/mol. The number of thioether (sulfide) groups is 1. The molecule has 1 aromatic carbocycles. The van der Waals surface area contributed by atoms with Crippen LogP contribution in [-0.4, -0.2) is 34.6 Å². The average molecular weight is 401 g/mol. The normalized spacial score (nSPS) is 14.7. The standard InChI is InChI=1S/C20H24N4OS2/c1-12(2)25-14-6-4-13(5-7-14)11-26-20-22-18(21)17-15-8-9-24(3)10-16(15)27-19(17)23-20/h4-7,12H,8-11H2,1-3H3,(H2,21,22,23). The highest BCUT2D eigenvalue weighted by Gasteiger charge is 2.22. The molecule has 5 nitrogen and oxygen atoms in total. The van der Waals surface area contributed by atoms with Gasteiger partial charge in [-0.05, 0) is 50.6 Å². The van der Waals surface area contributed by atoms with E-state index in [1.807, 2.05) is 26.0 Å². The summed E-state index contributed by atoms with van der Waals surface area (Å²) in [6.45, 7) is 6.10. The topological polar surface area (TPSA) is 64.3 Å². The summed E-state index contributed by atoms with van der Waals surface area (Å²) < 4.78 is 5.69. The van der Waals surface area contributed by atoms with Gasteiger partial charge in [0.1, 0.15) is 16.4 Å². The number of fused-ring (bicyclic) bond motifs is 3. The van der Waals surface area contributed by atoms with Crippen molar-refractivity contribution in [3.63, 3.8) is 0 Å². The van der Waals surface area contributed by atoms with Gasteiger partial charge in [-0.15, -0.1) is 11.3 Å². The van der Waals surface area contributed by atoms with Gasteiger partial charge in [0.05, 0.1) is 11.5 Å². The first-order valence-corrected chi connectivity index (χ1v) is 10.9. The average Bonchev–Trinajstić information content (AvgIpc) is 2.98. The van der Waals surface area contributed by atoms with Crippen LogP contribution in [0.4, 0.5) is 5.82 Å². The van der Waals surface area contributed by atoms with Crippen molar-refractivity contribution >= 4 is 39.1 Å². The minimum atomic E-state index is 0.185. The largest absolute Gasteiger partial charge is 0.491 e. The van der Waals surface area contributed by atoms with Crippen molar-refractivity contribution in [2.45, 2.75) is 43.8 Å². The third kappa shape index (κ3) is 4.05. The van der Waals surface area contributed by atoms with E-state index < -0.39 is 0 Å². The summed E-state index contributed by atoms with van der Waals surface area (Å²) in [5.74, 6) is 2.32. The Morgan fingerprint density at radius 2 is 2.04 bits per heavy atom. The van der Waals surface area contributed by atoms with Crippen molar-refractivity contribution in [2.24, 2.45) is 0 Å². The molecule has 0 spiro atoms. The number of rotatable bonds is 5. The van der Waals surface area contributed by atoms with E-state index in [9.17, 15) is 0 Å². The predicted molar refractivity (Wildman–Crippen MR) is 114 cm³/mol. The first kappa shape index (κ1) is 18.5. The lowest BCUT2D eigenvalue weighted by Crippen LogP contribution is -2.25. The number of hydrogen-bond donors (Lipinski definition) is 1. The van der Waals surface area contributed by atoms with Crippen molar-refractivity contribution in [1.82, 2.24) is 14.9 Å². The van der Waals surface area contributed by atoms with E-state index in [0.29, 0.717) is 5.82 Å². The fourth-order valence-corrected chi connectivity index (χ4v) is 5.45. The smallest absolute Gasteiger partial charge is 0.191 e. The van der Waals surface area contributed by atoms with Gasteiger partial charge in [-0.2, -0.15) is 0 Å². The van der Waals surface area contributed by atoms with Crippen molar-refractivity contribution in [2.75, 3.05) is 19.3 Å². The van der Waals surface area contributed by atoms with Crippen LogP contribution in [0.2, 0.25) is 0 Å². The number of nitrogen functional groups attached to an aromatic ring is 1. The maximum Gasteiger partial charge on any atom is 0.191 e. The summed E-state index contributed by atoms with van der Waals surface area (Å²) in [7, 11) is 2.15. The SMILES string of the molecule is CC(C)Oc1ccc(CSc2nc(N)c3c4c(sc3n2)CN(C)CC4)cc1. The first-order valence-electron chi connectivity index (χ1n) is 9.14. The van der Waals surface area contributed by atoms with E-state index in [0.717, 1.165) is 46.4 Å². The van der Waals surface area contributed by atoms with Gasteiger partial charge in [0.25, 0.3) is 0 Å². The summed E-state index contributed by atoms with van der Waals surface area (Å²) in [4.78, 5) is 14.1. The molecular weight excluding hydrogens is 376 g/mol. The summed E-state index contributed by atoms with van der Waals surface area (Å²) >= 11 is 3.38. The molecule has 0 atom stereocenters. The minimum absolute atomic E-state index is 0.185. The van der Waals surface area contributed by atoms with E-state index in [1.54, 1.807) is 23.1 Å². The summed E-state index contributed by atoms with van der Waals surface area (Å²) in [5, 5.41) is 1.82. The van der Waals surface area contributed by atoms with E-state index in [2.05, 4.69) is 29.1 Å². The lowest BCUT2D eigenvalue weighted by Gasteiger charge is -2.22. The van der Waals surface area contributed by atoms with Gasteiger partial charge < -0.3 is 15.4 Å². The quantitative estimate of drug-likeness (QED) is 0.508. The molecule has 0 aliphatic carbocycles. The molecule has 1 aliphatic heterocycles. The van der Waals surface area contributed by atoms with Crippen LogP contribution in [0.3, 0.4) is 0 Å². The second-order valence-corrected chi connectivity index (χ2v) is 9.19. The molecule has 0 saturated carbocycles. The number of benzene rings is 1. The molecule has 7 heteroatoms. The number of aromatic nitrogens is 2. The van der Waals surface area contributed by atoms with Crippen LogP contribution in [-0.2, 0) is 18.7 Å². The van der Waals surface area contributed by atoms with Gasteiger partial charge in [-0.1, -0.05) is 23.9 Å². The fraction of sp³-hybridized carbons (Fsp3) is 0.400. The number of ether oxygens (including phenoxy) is 1. The van der Waals surface area contributed by atoms with Gasteiger partial charge in [0.15, 0.2) is 5.16 Å². The maximum atomic E-state index is 6.31. The molecular formula is C20H24N4OS2. The first-order chi connectivity index (χ1) is 13.0. The van der Waals surface area contributed by atoms with Crippen LogP contribution in [0, 0.1) is 0 Å². The Balaban J connectivity index is 1.51. The van der Waals surface area contributed by atoms with Crippen molar-refractivity contribution < 1.29 is 4.74 Å². The van der Waals surface area contributed by atoms with Crippen LogP contribution >= 0.6 is 23.1 Å². The zero-order valence-corrected chi connectivity index (χ0v) is 17.5. The third-order valence-corrected chi connectivity index (χ3v) is 6.59. The van der Waals surface area contributed by atoms with E-state index >= 15 is 0 Å². The molecule has 0 saturated heterocycles. The second-order valence-electron chi connectivity index (χ2n) is 7.16. The highest BCUT2D eigenvalue weighted by atomic mass is 32.2. The molecule has 142 valence electrons. The van der Waals surface area contributed by atoms with E-state index in [-0.39, 0.29) is 6.10 Å². The second kappa shape index (κ2) is 7.66. The lowest BCUT2D eigenvalue weighted by molar-refractivity contribution is 0.242. The van der Waals surface area contributed by atoms with Crippen LogP contribution in [0.1, 0.15) is 29.9 Å². The highest BCUT2D eigenvalue weighted by molar-refractivity contribution is 7.98. The van der Waals surface area contributed by atoms with Gasteiger partial charge in [-0.3, -0.25) is 0 Å². The number of likely N-dealkylation sites (N-methyl/N-ethyl adjacent to an activating group) is 1. The van der Waals surface area contributed by atoms with Crippen LogP contribution < -0.4 is 10.5 Å². The molecule has 0 bridgehead atoms. The predicted octanol–water partition coefficient (Wildman–Crippen LogP) is 4.34. The molecule has 2 aromatic heterocycles. The van der Waals surface area contributed by atoms with Gasteiger partial charge in [0.2, 0.25) is 0 Å². The molecule has 3 heterocycles. The van der Waals surface area contributed by atoms with E-state index in [1.165, 1.54) is 16.0 Å². The van der Waals surface area contributed by atoms with Crippen LogP contribution in [0.5, 0.6) is 5.75 Å². The van der Waals surface area contributed by atoms with Crippen molar-refractivity contribution in [3.8, 4) is 5.75 Å². The number of thiophene rings is 1. The van der Waals surface area contributed by atoms with Crippen molar-refractivity contribution in [1.29, 1.82) is 0 Å². The zero-order valence-electron chi connectivity index (χ0n) is 15.9. The Kier molecular flexibility index (Phi) is 5.25. The molecule has 0 unspecified atom stereocenters. The Labute approximate surface area is 167 Å². The van der Waals surface area contributed by atoms with Gasteiger partial charge >= 0.3 is 0 Å². The maximum absolute atomic E-state index is 6.31. The summed E-state index contributed by atoms with van der Waals surface area (Å²) in [6.07, 6.45) is 1.21. The Morgan fingerprint density at radius 3 is 2.78 bits per heavy atom. The zero-order chi connectivity index (χ0) is 19.0. The molecule has 3 aromatic rings. The Bertz CT molecular complexity index is 953. The molecule has 0 radical (unpaired) electrons. The molecule has 27 heavy (non-hydrogen) atoms. The number of nitrogens with two attached hydrogens (primary N) is 1. The Hall–Kier alpha value is -1.83. The summed E-state index contributed by atoms with van der Waals surface area (Å²) in [5.41, 5.74) is 8.87. The highest BCUT2D eigenvalue weighted by Crippen LogP contribution is 2.37. The molecule has 0 fully saturated rings. The molecule has 2 N–H and O–H groups in total. The Morgan fingerprint density at radius 1 is 1.26 bits per heavy atom. The van der Waals surface area contributed by atoms with Crippen molar-refractivity contribution in [3.05, 3.63) is 40.3 Å². The summed E-state index contributed by atoms with van der Waals surface area (Å²) in [6, 6.07) is 8.20. The molecule has 4 rings (SSSR count). The van der Waals surface area contributed by atoms with Gasteiger partial charge in [-0.25, -0.2) is 9.97 Å².